The van der Waals surface area contributed by atoms with Crippen molar-refractivity contribution in [3.05, 3.63) is 41.7 Å². The monoisotopic (exact) mass is 340 g/mol. The Kier molecular flexibility index (Phi) is 4.27. The van der Waals surface area contributed by atoms with Crippen LogP contribution in [0.15, 0.2) is 30.5 Å². The quantitative estimate of drug-likeness (QED) is 0.906. The van der Waals surface area contributed by atoms with Crippen molar-refractivity contribution < 1.29 is 23.1 Å². The van der Waals surface area contributed by atoms with Gasteiger partial charge in [-0.3, -0.25) is 4.79 Å². The molecule has 1 aliphatic heterocycles. The first-order valence-corrected chi connectivity index (χ1v) is 7.42. The number of amides is 1. The zero-order valence-corrected chi connectivity index (χ0v) is 12.6. The van der Waals surface area contributed by atoms with E-state index in [1.807, 2.05) is 0 Å². The third kappa shape index (κ3) is 3.40. The van der Waals surface area contributed by atoms with Gasteiger partial charge < -0.3 is 10.0 Å². The molecule has 9 heteroatoms. The van der Waals surface area contributed by atoms with E-state index in [2.05, 4.69) is 10.3 Å². The van der Waals surface area contributed by atoms with Crippen LogP contribution in [-0.2, 0) is 6.18 Å². The van der Waals surface area contributed by atoms with Crippen LogP contribution in [0.2, 0.25) is 0 Å². The molecule has 0 spiro atoms. The number of hydrogen-bond acceptors (Lipinski definition) is 4. The van der Waals surface area contributed by atoms with Gasteiger partial charge in [-0.15, -0.1) is 5.10 Å². The number of halogens is 3. The summed E-state index contributed by atoms with van der Waals surface area (Å²) in [5, 5.41) is 17.1. The molecule has 0 bridgehead atoms. The summed E-state index contributed by atoms with van der Waals surface area (Å²) in [4.78, 5) is 13.8. The van der Waals surface area contributed by atoms with E-state index in [-0.39, 0.29) is 17.9 Å². The van der Waals surface area contributed by atoms with Crippen molar-refractivity contribution in [2.24, 2.45) is 0 Å². The Balaban J connectivity index is 1.82. The van der Waals surface area contributed by atoms with Crippen molar-refractivity contribution in [1.82, 2.24) is 19.9 Å². The van der Waals surface area contributed by atoms with Crippen LogP contribution >= 0.6 is 0 Å². The lowest BCUT2D eigenvalue weighted by atomic mass is 10.1. The molecule has 1 saturated heterocycles. The van der Waals surface area contributed by atoms with Crippen LogP contribution < -0.4 is 0 Å². The summed E-state index contributed by atoms with van der Waals surface area (Å²) in [5.74, 6) is -0.396. The third-order valence-corrected chi connectivity index (χ3v) is 3.83. The molecule has 1 unspecified atom stereocenters. The van der Waals surface area contributed by atoms with Gasteiger partial charge in [0.15, 0.2) is 5.69 Å². The SMILES string of the molecule is O=C(c1cn(-c2cccc(C(F)(F)F)c2)nn1)N1CCCC(O)C1. The average Bonchev–Trinajstić information content (AvgIpc) is 3.03. The second-order valence-corrected chi connectivity index (χ2v) is 5.64. The molecule has 0 aliphatic carbocycles. The number of carbonyl (C=O) groups excluding carboxylic acids is 1. The molecular formula is C15H15F3N4O2. The number of hydrogen-bond donors (Lipinski definition) is 1. The normalized spacial score (nSPS) is 18.7. The highest BCUT2D eigenvalue weighted by Crippen LogP contribution is 2.30. The van der Waals surface area contributed by atoms with Gasteiger partial charge in [0.2, 0.25) is 0 Å². The lowest BCUT2D eigenvalue weighted by Gasteiger charge is -2.29. The molecule has 1 aromatic carbocycles. The molecule has 1 aliphatic rings. The van der Waals surface area contributed by atoms with Gasteiger partial charge in [-0.25, -0.2) is 4.68 Å². The number of aliphatic hydroxyl groups is 1. The zero-order chi connectivity index (χ0) is 17.3. The Hall–Kier alpha value is -2.42. The lowest BCUT2D eigenvalue weighted by Crippen LogP contribution is -2.42. The fourth-order valence-electron chi connectivity index (χ4n) is 2.61. The predicted molar refractivity (Wildman–Crippen MR) is 77.5 cm³/mol. The molecule has 24 heavy (non-hydrogen) atoms. The number of β-amino-alcohol motifs (C(OH)–C–C–N with tert-alkyl or cyclic N) is 1. The molecule has 1 atom stereocenters. The summed E-state index contributed by atoms with van der Waals surface area (Å²) < 4.78 is 39.4. The Bertz CT molecular complexity index is 744. The summed E-state index contributed by atoms with van der Waals surface area (Å²) in [6, 6.07) is 4.61. The molecule has 0 radical (unpaired) electrons. The van der Waals surface area contributed by atoms with Gasteiger partial charge in [0.25, 0.3) is 5.91 Å². The molecule has 1 N–H and O–H groups in total. The number of likely N-dealkylation sites (tertiary alicyclic amines) is 1. The lowest BCUT2D eigenvalue weighted by molar-refractivity contribution is -0.137. The highest BCUT2D eigenvalue weighted by Gasteiger charge is 2.31. The van der Waals surface area contributed by atoms with Crippen LogP contribution in [0.3, 0.4) is 0 Å². The second-order valence-electron chi connectivity index (χ2n) is 5.64. The number of nitrogens with zero attached hydrogens (tertiary/aromatic N) is 4. The van der Waals surface area contributed by atoms with Crippen molar-refractivity contribution in [3.63, 3.8) is 0 Å². The van der Waals surface area contributed by atoms with E-state index in [0.717, 1.165) is 16.8 Å². The average molecular weight is 340 g/mol. The van der Waals surface area contributed by atoms with Gasteiger partial charge in [-0.05, 0) is 31.0 Å². The maximum Gasteiger partial charge on any atom is 0.416 e. The number of piperidine rings is 1. The fourth-order valence-corrected chi connectivity index (χ4v) is 2.61. The molecule has 0 saturated carbocycles. The summed E-state index contributed by atoms with van der Waals surface area (Å²) in [6.45, 7) is 0.724. The molecule has 1 amide bonds. The fraction of sp³-hybridized carbons (Fsp3) is 0.400. The minimum Gasteiger partial charge on any atom is -0.391 e. The highest BCUT2D eigenvalue weighted by molar-refractivity contribution is 5.92. The molecule has 128 valence electrons. The van der Waals surface area contributed by atoms with Crippen LogP contribution in [0.5, 0.6) is 0 Å². The summed E-state index contributed by atoms with van der Waals surface area (Å²) in [7, 11) is 0. The number of aliphatic hydroxyl groups excluding tert-OH is 1. The summed E-state index contributed by atoms with van der Waals surface area (Å²) in [6.07, 6.45) is -2.41. The molecule has 1 aromatic heterocycles. The Morgan fingerprint density at radius 1 is 1.33 bits per heavy atom. The molecule has 3 rings (SSSR count). The largest absolute Gasteiger partial charge is 0.416 e. The van der Waals surface area contributed by atoms with E-state index in [0.29, 0.717) is 19.4 Å². The Morgan fingerprint density at radius 2 is 2.12 bits per heavy atom. The number of rotatable bonds is 2. The van der Waals surface area contributed by atoms with Crippen LogP contribution in [0, 0.1) is 0 Å². The van der Waals surface area contributed by atoms with Crippen LogP contribution in [0.4, 0.5) is 13.2 Å². The van der Waals surface area contributed by atoms with Crippen molar-refractivity contribution in [3.8, 4) is 5.69 Å². The van der Waals surface area contributed by atoms with E-state index in [1.165, 1.54) is 23.2 Å². The van der Waals surface area contributed by atoms with E-state index in [9.17, 15) is 23.1 Å². The Morgan fingerprint density at radius 3 is 2.83 bits per heavy atom. The third-order valence-electron chi connectivity index (χ3n) is 3.83. The highest BCUT2D eigenvalue weighted by atomic mass is 19.4. The number of aromatic nitrogens is 3. The van der Waals surface area contributed by atoms with E-state index < -0.39 is 23.8 Å². The van der Waals surface area contributed by atoms with E-state index in [1.54, 1.807) is 0 Å². The van der Waals surface area contributed by atoms with E-state index in [4.69, 9.17) is 0 Å². The Labute approximate surface area is 135 Å². The van der Waals surface area contributed by atoms with Gasteiger partial charge in [-0.1, -0.05) is 11.3 Å². The molecule has 2 heterocycles. The first kappa shape index (κ1) is 16.4. The number of benzene rings is 1. The maximum atomic E-state index is 12.8. The number of alkyl halides is 3. The van der Waals surface area contributed by atoms with Gasteiger partial charge in [0.05, 0.1) is 23.6 Å². The van der Waals surface area contributed by atoms with Crippen LogP contribution in [0.1, 0.15) is 28.9 Å². The topological polar surface area (TPSA) is 71.2 Å². The maximum absolute atomic E-state index is 12.8. The summed E-state index contributed by atoms with van der Waals surface area (Å²) >= 11 is 0. The van der Waals surface area contributed by atoms with Gasteiger partial charge in [0, 0.05) is 13.1 Å². The molecular weight excluding hydrogens is 325 g/mol. The standard InChI is InChI=1S/C15H15F3N4O2/c16-15(17,18)10-3-1-4-11(7-10)22-9-13(19-20-22)14(24)21-6-2-5-12(23)8-21/h1,3-4,7,9,12,23H,2,5-6,8H2. The van der Waals surface area contributed by atoms with E-state index >= 15 is 0 Å². The van der Waals surface area contributed by atoms with Crippen molar-refractivity contribution >= 4 is 5.91 Å². The number of carbonyl (C=O) groups is 1. The second kappa shape index (κ2) is 6.23. The summed E-state index contributed by atoms with van der Waals surface area (Å²) in [5.41, 5.74) is -0.612. The minimum absolute atomic E-state index is 0.0292. The first-order valence-electron chi connectivity index (χ1n) is 7.42. The predicted octanol–water partition coefficient (Wildman–Crippen LogP) is 1.88. The van der Waals surface area contributed by atoms with Crippen LogP contribution in [-0.4, -0.2) is 50.1 Å². The molecule has 6 nitrogen and oxygen atoms in total. The van der Waals surface area contributed by atoms with Crippen molar-refractivity contribution in [2.45, 2.75) is 25.1 Å². The van der Waals surface area contributed by atoms with Crippen molar-refractivity contribution in [1.29, 1.82) is 0 Å². The minimum atomic E-state index is -4.46. The van der Waals surface area contributed by atoms with Crippen LogP contribution in [0.25, 0.3) is 5.69 Å². The van der Waals surface area contributed by atoms with Gasteiger partial charge in [0.1, 0.15) is 0 Å². The zero-order valence-electron chi connectivity index (χ0n) is 12.6. The molecule has 1 fully saturated rings. The molecule has 2 aromatic rings. The van der Waals surface area contributed by atoms with Gasteiger partial charge in [-0.2, -0.15) is 13.2 Å². The smallest absolute Gasteiger partial charge is 0.391 e. The van der Waals surface area contributed by atoms with Crippen molar-refractivity contribution in [2.75, 3.05) is 13.1 Å². The first-order chi connectivity index (χ1) is 11.3. The van der Waals surface area contributed by atoms with Gasteiger partial charge >= 0.3 is 6.18 Å².